The van der Waals surface area contributed by atoms with Crippen molar-refractivity contribution in [1.29, 1.82) is 0 Å². The van der Waals surface area contributed by atoms with E-state index >= 15 is 0 Å². The van der Waals surface area contributed by atoms with Gasteiger partial charge in [-0.25, -0.2) is 0 Å². The molecule has 0 N–H and O–H groups in total. The molecule has 2 saturated heterocycles. The van der Waals surface area contributed by atoms with Crippen LogP contribution in [0, 0.1) is 5.92 Å². The molecule has 0 aromatic rings. The van der Waals surface area contributed by atoms with Gasteiger partial charge in [-0.05, 0) is 30.3 Å². The van der Waals surface area contributed by atoms with Gasteiger partial charge in [0.05, 0.1) is 25.4 Å². The fraction of sp³-hybridized carbons (Fsp3) is 1.00. The minimum Gasteiger partial charge on any atom is -0.372 e. The number of rotatable bonds is 10. The molecule has 0 bridgehead atoms. The Morgan fingerprint density at radius 2 is 1.75 bits per heavy atom. The molecule has 0 spiro atoms. The zero-order valence-corrected chi connectivity index (χ0v) is 11.7. The van der Waals surface area contributed by atoms with Crippen molar-refractivity contribution in [1.82, 2.24) is 0 Å². The summed E-state index contributed by atoms with van der Waals surface area (Å²) in [6.45, 7) is 4.37. The molecule has 16 heavy (non-hydrogen) atoms. The van der Waals surface area contributed by atoms with E-state index in [1.807, 2.05) is 0 Å². The highest BCUT2D eigenvalue weighted by Gasteiger charge is 2.22. The number of hydrogen-bond donors (Lipinski definition) is 0. The number of ether oxygens (including phenoxy) is 2. The summed E-state index contributed by atoms with van der Waals surface area (Å²) in [5.74, 6) is 5.89. The second kappa shape index (κ2) is 7.14. The Balaban J connectivity index is 1.33. The summed E-state index contributed by atoms with van der Waals surface area (Å²) in [6.07, 6.45) is 3.92. The van der Waals surface area contributed by atoms with Crippen LogP contribution in [0.15, 0.2) is 0 Å². The molecule has 94 valence electrons. The van der Waals surface area contributed by atoms with Crippen LogP contribution in [0.1, 0.15) is 19.8 Å². The van der Waals surface area contributed by atoms with Gasteiger partial charge in [-0.2, -0.15) is 23.5 Å². The Hall–Kier alpha value is 0.620. The van der Waals surface area contributed by atoms with Crippen molar-refractivity contribution in [3.05, 3.63) is 0 Å². The van der Waals surface area contributed by atoms with Gasteiger partial charge in [-0.1, -0.05) is 6.92 Å². The Morgan fingerprint density at radius 1 is 1.12 bits per heavy atom. The van der Waals surface area contributed by atoms with E-state index in [0.29, 0.717) is 12.2 Å². The van der Waals surface area contributed by atoms with Crippen molar-refractivity contribution in [2.45, 2.75) is 32.0 Å². The molecule has 3 unspecified atom stereocenters. The fourth-order valence-corrected chi connectivity index (χ4v) is 3.71. The van der Waals surface area contributed by atoms with Gasteiger partial charge in [0, 0.05) is 11.5 Å². The van der Waals surface area contributed by atoms with Gasteiger partial charge < -0.3 is 9.47 Å². The molecule has 2 aliphatic rings. The highest BCUT2D eigenvalue weighted by Crippen LogP contribution is 2.21. The topological polar surface area (TPSA) is 25.1 Å². The number of thioether (sulfide) groups is 2. The molecule has 0 aromatic heterocycles. The number of hydrogen-bond acceptors (Lipinski definition) is 4. The second-order valence-electron chi connectivity index (χ2n) is 4.77. The van der Waals surface area contributed by atoms with E-state index in [1.165, 1.54) is 35.9 Å². The van der Waals surface area contributed by atoms with Gasteiger partial charge in [-0.3, -0.25) is 0 Å². The predicted molar refractivity (Wildman–Crippen MR) is 72.5 cm³/mol. The minimum absolute atomic E-state index is 0.589. The third-order valence-corrected chi connectivity index (χ3v) is 5.40. The molecule has 0 amide bonds. The maximum absolute atomic E-state index is 5.20. The van der Waals surface area contributed by atoms with Crippen molar-refractivity contribution in [2.75, 3.05) is 36.2 Å². The summed E-state index contributed by atoms with van der Waals surface area (Å²) in [5, 5.41) is 0. The van der Waals surface area contributed by atoms with Crippen molar-refractivity contribution in [3.8, 4) is 0 Å². The Labute approximate surface area is 107 Å². The lowest BCUT2D eigenvalue weighted by Crippen LogP contribution is -2.02. The van der Waals surface area contributed by atoms with Crippen LogP contribution in [-0.4, -0.2) is 48.4 Å². The van der Waals surface area contributed by atoms with E-state index < -0.39 is 0 Å². The van der Waals surface area contributed by atoms with Gasteiger partial charge in [0.1, 0.15) is 0 Å². The standard InChI is InChI=1S/C12H22O2S2/c1-10(7-16-9-12-6-14-12)3-2-4-15-8-11-5-13-11/h10-12H,2-9H2,1H3. The van der Waals surface area contributed by atoms with Gasteiger partial charge in [0.2, 0.25) is 0 Å². The fourth-order valence-electron chi connectivity index (χ4n) is 1.56. The van der Waals surface area contributed by atoms with E-state index in [2.05, 4.69) is 30.4 Å². The first-order valence-corrected chi connectivity index (χ1v) is 8.54. The molecule has 4 heteroatoms. The van der Waals surface area contributed by atoms with E-state index in [0.717, 1.165) is 19.1 Å². The predicted octanol–water partition coefficient (Wildman–Crippen LogP) is 2.67. The average molecular weight is 262 g/mol. The van der Waals surface area contributed by atoms with E-state index in [4.69, 9.17) is 9.47 Å². The van der Waals surface area contributed by atoms with Crippen molar-refractivity contribution in [3.63, 3.8) is 0 Å². The SMILES string of the molecule is CC(CCCSCC1CO1)CSCC1CO1. The molecule has 3 atom stereocenters. The first-order valence-electron chi connectivity index (χ1n) is 6.23. The molecule has 0 aliphatic carbocycles. The van der Waals surface area contributed by atoms with Crippen LogP contribution in [0.3, 0.4) is 0 Å². The molecule has 2 heterocycles. The quantitative estimate of drug-likeness (QED) is 0.446. The molecular weight excluding hydrogens is 240 g/mol. The van der Waals surface area contributed by atoms with Gasteiger partial charge in [0.25, 0.3) is 0 Å². The molecule has 2 nitrogen and oxygen atoms in total. The smallest absolute Gasteiger partial charge is 0.0900 e. The third-order valence-electron chi connectivity index (χ3n) is 2.80. The maximum Gasteiger partial charge on any atom is 0.0900 e. The van der Waals surface area contributed by atoms with Crippen LogP contribution in [0.25, 0.3) is 0 Å². The normalized spacial score (nSPS) is 29.1. The third kappa shape index (κ3) is 6.38. The monoisotopic (exact) mass is 262 g/mol. The summed E-state index contributed by atoms with van der Waals surface area (Å²) < 4.78 is 10.4. The van der Waals surface area contributed by atoms with Crippen LogP contribution in [0.4, 0.5) is 0 Å². The first-order chi connectivity index (χ1) is 7.84. The largest absolute Gasteiger partial charge is 0.372 e. The number of epoxide rings is 2. The van der Waals surface area contributed by atoms with Crippen LogP contribution in [0.5, 0.6) is 0 Å². The Kier molecular flexibility index (Phi) is 5.83. The van der Waals surface area contributed by atoms with Crippen molar-refractivity contribution in [2.24, 2.45) is 5.92 Å². The zero-order valence-electron chi connectivity index (χ0n) is 10.0. The summed E-state index contributed by atoms with van der Waals surface area (Å²) in [6, 6.07) is 0. The molecule has 0 radical (unpaired) electrons. The lowest BCUT2D eigenvalue weighted by Gasteiger charge is -2.09. The van der Waals surface area contributed by atoms with Gasteiger partial charge >= 0.3 is 0 Å². The molecule has 0 aromatic carbocycles. The highest BCUT2D eigenvalue weighted by molar-refractivity contribution is 7.99. The lowest BCUT2D eigenvalue weighted by molar-refractivity contribution is 0.426. The van der Waals surface area contributed by atoms with E-state index in [-0.39, 0.29) is 0 Å². The molecule has 0 saturated carbocycles. The average Bonchev–Trinajstić information content (AvgIpc) is 3.12. The van der Waals surface area contributed by atoms with Gasteiger partial charge in [-0.15, -0.1) is 0 Å². The second-order valence-corrected chi connectivity index (χ2v) is 7.00. The van der Waals surface area contributed by atoms with Gasteiger partial charge in [0.15, 0.2) is 0 Å². The van der Waals surface area contributed by atoms with Crippen LogP contribution >= 0.6 is 23.5 Å². The molecular formula is C12H22O2S2. The minimum atomic E-state index is 0.589. The molecule has 2 fully saturated rings. The molecule has 2 aliphatic heterocycles. The summed E-state index contributed by atoms with van der Waals surface area (Å²) in [5.41, 5.74) is 0. The highest BCUT2D eigenvalue weighted by atomic mass is 32.2. The summed E-state index contributed by atoms with van der Waals surface area (Å²) >= 11 is 4.11. The van der Waals surface area contributed by atoms with Crippen LogP contribution < -0.4 is 0 Å². The van der Waals surface area contributed by atoms with E-state index in [9.17, 15) is 0 Å². The van der Waals surface area contributed by atoms with Crippen molar-refractivity contribution < 1.29 is 9.47 Å². The summed E-state index contributed by atoms with van der Waals surface area (Å²) in [7, 11) is 0. The first kappa shape index (κ1) is 13.1. The van der Waals surface area contributed by atoms with Crippen LogP contribution in [-0.2, 0) is 9.47 Å². The summed E-state index contributed by atoms with van der Waals surface area (Å²) in [4.78, 5) is 0. The lowest BCUT2D eigenvalue weighted by atomic mass is 10.1. The van der Waals surface area contributed by atoms with E-state index in [1.54, 1.807) is 0 Å². The zero-order chi connectivity index (χ0) is 11.2. The molecule has 2 rings (SSSR count). The Bertz CT molecular complexity index is 193. The van der Waals surface area contributed by atoms with Crippen molar-refractivity contribution >= 4 is 23.5 Å². The maximum atomic E-state index is 5.20. The Morgan fingerprint density at radius 3 is 2.38 bits per heavy atom. The van der Waals surface area contributed by atoms with Crippen LogP contribution in [0.2, 0.25) is 0 Å².